The molecule has 0 bridgehead atoms. The molecule has 1 aliphatic rings. The Morgan fingerprint density at radius 2 is 2.17 bits per heavy atom. The Morgan fingerprint density at radius 3 is 2.78 bits per heavy atom. The highest BCUT2D eigenvalue weighted by molar-refractivity contribution is 8.26. The standard InChI is InChI=1S/C12H19N3O2S/c1-3-6-14-12(18-9-13-2)11(16)15-10-4-7-17-8-5-10/h3,6,9-10H,4-5,7-8H2,1-2H3,(H,15,16)/b6-3+,13-9+,14-12-. The number of carbonyl (C=O) groups excluding carboxylic acids is 1. The highest BCUT2D eigenvalue weighted by Gasteiger charge is 2.19. The molecule has 6 heteroatoms. The molecule has 1 heterocycles. The molecule has 1 amide bonds. The minimum atomic E-state index is -0.148. The minimum Gasteiger partial charge on any atom is -0.381 e. The highest BCUT2D eigenvalue weighted by atomic mass is 32.2. The molecule has 100 valence electrons. The Balaban J connectivity index is 2.57. The molecular weight excluding hydrogens is 250 g/mol. The maximum atomic E-state index is 12.0. The van der Waals surface area contributed by atoms with E-state index in [4.69, 9.17) is 4.74 Å². The number of hydrogen-bond acceptors (Lipinski definition) is 5. The Bertz CT molecular complexity index is 347. The Hall–Kier alpha value is -1.14. The molecule has 1 N–H and O–H groups in total. The van der Waals surface area contributed by atoms with Crippen LogP contribution in [0.25, 0.3) is 0 Å². The monoisotopic (exact) mass is 269 g/mol. The van der Waals surface area contributed by atoms with Crippen molar-refractivity contribution in [2.45, 2.75) is 25.8 Å². The van der Waals surface area contributed by atoms with Crippen LogP contribution in [0.4, 0.5) is 0 Å². The molecular formula is C12H19N3O2S. The van der Waals surface area contributed by atoms with Crippen molar-refractivity contribution >= 4 is 28.3 Å². The number of allylic oxidation sites excluding steroid dienone is 1. The van der Waals surface area contributed by atoms with Crippen molar-refractivity contribution in [3.05, 3.63) is 12.3 Å². The normalized spacial score (nSPS) is 18.7. The van der Waals surface area contributed by atoms with Gasteiger partial charge >= 0.3 is 0 Å². The smallest absolute Gasteiger partial charge is 0.277 e. The summed E-state index contributed by atoms with van der Waals surface area (Å²) in [5.41, 5.74) is 1.60. The molecule has 0 spiro atoms. The summed E-state index contributed by atoms with van der Waals surface area (Å²) in [4.78, 5) is 20.0. The van der Waals surface area contributed by atoms with Gasteiger partial charge in [-0.1, -0.05) is 17.8 Å². The Labute approximate surface area is 112 Å². The Morgan fingerprint density at radius 1 is 1.44 bits per heavy atom. The minimum absolute atomic E-state index is 0.148. The van der Waals surface area contributed by atoms with Crippen LogP contribution in [0.2, 0.25) is 0 Å². The molecule has 1 rings (SSSR count). The second-order valence-electron chi connectivity index (χ2n) is 3.76. The predicted molar refractivity (Wildman–Crippen MR) is 76.2 cm³/mol. The van der Waals surface area contributed by atoms with Gasteiger partial charge in [0.1, 0.15) is 0 Å². The zero-order chi connectivity index (χ0) is 13.2. The third-order valence-corrected chi connectivity index (χ3v) is 3.19. The zero-order valence-electron chi connectivity index (χ0n) is 10.8. The first-order valence-electron chi connectivity index (χ1n) is 5.92. The van der Waals surface area contributed by atoms with Crippen LogP contribution in [0, 0.1) is 0 Å². The van der Waals surface area contributed by atoms with Crippen LogP contribution in [0.5, 0.6) is 0 Å². The van der Waals surface area contributed by atoms with Gasteiger partial charge in [0.2, 0.25) is 0 Å². The van der Waals surface area contributed by atoms with Crippen LogP contribution in [0.3, 0.4) is 0 Å². The Kier molecular flexibility index (Phi) is 7.36. The van der Waals surface area contributed by atoms with E-state index >= 15 is 0 Å². The first-order valence-corrected chi connectivity index (χ1v) is 6.80. The molecule has 1 fully saturated rings. The van der Waals surface area contributed by atoms with E-state index in [0.717, 1.165) is 12.8 Å². The highest BCUT2D eigenvalue weighted by Crippen LogP contribution is 2.08. The maximum Gasteiger partial charge on any atom is 0.277 e. The van der Waals surface area contributed by atoms with E-state index in [9.17, 15) is 4.79 Å². The van der Waals surface area contributed by atoms with Crippen LogP contribution in [0.1, 0.15) is 19.8 Å². The number of amides is 1. The first-order chi connectivity index (χ1) is 8.77. The molecule has 0 unspecified atom stereocenters. The quantitative estimate of drug-likeness (QED) is 0.625. The topological polar surface area (TPSA) is 63.0 Å². The van der Waals surface area contributed by atoms with Gasteiger partial charge in [0.05, 0.1) is 5.55 Å². The summed E-state index contributed by atoms with van der Waals surface area (Å²) in [5.74, 6) is -0.148. The third-order valence-electron chi connectivity index (χ3n) is 2.36. The zero-order valence-corrected chi connectivity index (χ0v) is 11.6. The van der Waals surface area contributed by atoms with Gasteiger partial charge in [-0.15, -0.1) is 0 Å². The van der Waals surface area contributed by atoms with Crippen molar-refractivity contribution < 1.29 is 9.53 Å². The molecule has 0 aromatic rings. The number of rotatable bonds is 3. The second kappa shape index (κ2) is 8.88. The molecule has 0 radical (unpaired) electrons. The maximum absolute atomic E-state index is 12.0. The van der Waals surface area contributed by atoms with Gasteiger partial charge in [0, 0.05) is 32.5 Å². The number of carbonyl (C=O) groups is 1. The van der Waals surface area contributed by atoms with Gasteiger partial charge < -0.3 is 10.1 Å². The van der Waals surface area contributed by atoms with Gasteiger partial charge in [0.25, 0.3) is 5.91 Å². The largest absolute Gasteiger partial charge is 0.381 e. The molecule has 5 nitrogen and oxygen atoms in total. The summed E-state index contributed by atoms with van der Waals surface area (Å²) in [7, 11) is 1.66. The summed E-state index contributed by atoms with van der Waals surface area (Å²) in [6.07, 6.45) is 5.10. The first kappa shape index (κ1) is 14.9. The van der Waals surface area contributed by atoms with Crippen LogP contribution in [-0.2, 0) is 9.53 Å². The van der Waals surface area contributed by atoms with E-state index in [1.807, 2.05) is 6.92 Å². The lowest BCUT2D eigenvalue weighted by molar-refractivity contribution is -0.115. The SMILES string of the molecule is C/C=C/N=C(\S/C=N/C)C(=O)NC1CCOCC1. The van der Waals surface area contributed by atoms with Crippen LogP contribution in [0.15, 0.2) is 22.3 Å². The molecule has 0 aliphatic carbocycles. The van der Waals surface area contributed by atoms with Crippen molar-refractivity contribution in [3.8, 4) is 0 Å². The summed E-state index contributed by atoms with van der Waals surface area (Å²) >= 11 is 1.22. The molecule has 1 saturated heterocycles. The number of hydrogen-bond donors (Lipinski definition) is 1. The summed E-state index contributed by atoms with van der Waals surface area (Å²) in [6.45, 7) is 3.27. The van der Waals surface area contributed by atoms with Crippen molar-refractivity contribution in [2.24, 2.45) is 9.98 Å². The molecule has 0 atom stereocenters. The van der Waals surface area contributed by atoms with Crippen LogP contribution >= 0.6 is 11.8 Å². The van der Waals surface area contributed by atoms with E-state index in [-0.39, 0.29) is 11.9 Å². The van der Waals surface area contributed by atoms with Crippen molar-refractivity contribution in [1.82, 2.24) is 5.32 Å². The second-order valence-corrected chi connectivity index (χ2v) is 4.59. The number of nitrogens with one attached hydrogen (secondary N) is 1. The van der Waals surface area contributed by atoms with Gasteiger partial charge in [-0.05, 0) is 19.8 Å². The summed E-state index contributed by atoms with van der Waals surface area (Å²) < 4.78 is 5.25. The number of nitrogens with zero attached hydrogens (tertiary/aromatic N) is 2. The summed E-state index contributed by atoms with van der Waals surface area (Å²) in [5, 5.41) is 3.38. The van der Waals surface area contributed by atoms with E-state index in [0.29, 0.717) is 18.3 Å². The van der Waals surface area contributed by atoms with Gasteiger partial charge in [-0.2, -0.15) is 0 Å². The van der Waals surface area contributed by atoms with E-state index < -0.39 is 0 Å². The summed E-state index contributed by atoms with van der Waals surface area (Å²) in [6, 6.07) is 0.182. The lowest BCUT2D eigenvalue weighted by atomic mass is 10.1. The predicted octanol–water partition coefficient (Wildman–Crippen LogP) is 1.60. The number of thioether (sulfide) groups is 1. The fourth-order valence-electron chi connectivity index (χ4n) is 1.48. The lowest BCUT2D eigenvalue weighted by Gasteiger charge is -2.23. The third kappa shape index (κ3) is 5.46. The fourth-order valence-corrected chi connectivity index (χ4v) is 1.97. The molecule has 0 aromatic heterocycles. The van der Waals surface area contributed by atoms with E-state index in [2.05, 4.69) is 15.3 Å². The van der Waals surface area contributed by atoms with Gasteiger partial charge in [-0.25, -0.2) is 4.99 Å². The molecule has 1 aliphatic heterocycles. The van der Waals surface area contributed by atoms with E-state index in [1.165, 1.54) is 11.8 Å². The van der Waals surface area contributed by atoms with Crippen LogP contribution in [-0.4, -0.2) is 42.8 Å². The average molecular weight is 269 g/mol. The van der Waals surface area contributed by atoms with Crippen LogP contribution < -0.4 is 5.32 Å². The van der Waals surface area contributed by atoms with Gasteiger partial charge in [-0.3, -0.25) is 9.79 Å². The molecule has 18 heavy (non-hydrogen) atoms. The molecule has 0 aromatic carbocycles. The van der Waals surface area contributed by atoms with Crippen molar-refractivity contribution in [2.75, 3.05) is 20.3 Å². The average Bonchev–Trinajstić information content (AvgIpc) is 2.40. The molecule has 0 saturated carbocycles. The number of ether oxygens (including phenoxy) is 1. The fraction of sp³-hybridized carbons (Fsp3) is 0.583. The van der Waals surface area contributed by atoms with Crippen molar-refractivity contribution in [1.29, 1.82) is 0 Å². The van der Waals surface area contributed by atoms with E-state index in [1.54, 1.807) is 24.9 Å². The van der Waals surface area contributed by atoms with Crippen molar-refractivity contribution in [3.63, 3.8) is 0 Å². The number of aliphatic imine (C=N–C) groups is 2. The lowest BCUT2D eigenvalue weighted by Crippen LogP contribution is -2.41. The van der Waals surface area contributed by atoms with Gasteiger partial charge in [0.15, 0.2) is 5.04 Å².